The average Bonchev–Trinajstić information content (AvgIpc) is 2.74. The van der Waals surface area contributed by atoms with Crippen molar-refractivity contribution >= 4 is 21.5 Å². The van der Waals surface area contributed by atoms with Crippen LogP contribution in [0.25, 0.3) is 21.5 Å². The van der Waals surface area contributed by atoms with Crippen molar-refractivity contribution in [3.63, 3.8) is 0 Å². The lowest BCUT2D eigenvalue weighted by atomic mass is 10.0. The van der Waals surface area contributed by atoms with Gasteiger partial charge in [0.2, 0.25) is 0 Å². The van der Waals surface area contributed by atoms with Gasteiger partial charge in [0.1, 0.15) is 11.5 Å². The molecule has 0 aliphatic carbocycles. The summed E-state index contributed by atoms with van der Waals surface area (Å²) in [5, 5.41) is 4.50. The van der Waals surface area contributed by atoms with Crippen molar-refractivity contribution in [2.75, 3.05) is 13.7 Å². The van der Waals surface area contributed by atoms with Crippen molar-refractivity contribution in [1.82, 2.24) is 0 Å². The van der Waals surface area contributed by atoms with Crippen LogP contribution in [-0.4, -0.2) is 13.7 Å². The predicted molar refractivity (Wildman–Crippen MR) is 121 cm³/mol. The van der Waals surface area contributed by atoms with Crippen LogP contribution in [-0.2, 0) is 0 Å². The van der Waals surface area contributed by atoms with Crippen LogP contribution < -0.4 is 9.47 Å². The summed E-state index contributed by atoms with van der Waals surface area (Å²) in [5.74, 6) is 1.92. The first kappa shape index (κ1) is 20.5. The van der Waals surface area contributed by atoms with Gasteiger partial charge in [0.25, 0.3) is 0 Å². The van der Waals surface area contributed by atoms with E-state index in [1.165, 1.54) is 51.4 Å². The summed E-state index contributed by atoms with van der Waals surface area (Å²) in [6.45, 7) is 3.05. The first-order chi connectivity index (χ1) is 13.9. The van der Waals surface area contributed by atoms with Gasteiger partial charge in [0.05, 0.1) is 13.7 Å². The molecule has 3 aromatic rings. The SMILES string of the molecule is CCCCCCCCCCCOc1c2ccccc2c(OC)c2ccccc12. The van der Waals surface area contributed by atoms with Crippen molar-refractivity contribution in [3.8, 4) is 11.5 Å². The number of benzene rings is 3. The van der Waals surface area contributed by atoms with E-state index in [9.17, 15) is 0 Å². The zero-order valence-corrected chi connectivity index (χ0v) is 17.5. The maximum atomic E-state index is 6.34. The van der Waals surface area contributed by atoms with Gasteiger partial charge in [0.15, 0.2) is 0 Å². The zero-order chi connectivity index (χ0) is 19.6. The summed E-state index contributed by atoms with van der Waals surface area (Å²) in [6.07, 6.45) is 11.9. The predicted octanol–water partition coefficient (Wildman–Crippen LogP) is 7.91. The van der Waals surface area contributed by atoms with E-state index in [1.807, 2.05) is 0 Å². The quantitative estimate of drug-likeness (QED) is 0.235. The summed E-state index contributed by atoms with van der Waals surface area (Å²) < 4.78 is 12.1. The molecule has 0 saturated heterocycles. The molecule has 3 aromatic carbocycles. The molecule has 0 saturated carbocycles. The van der Waals surface area contributed by atoms with Crippen LogP contribution in [0, 0.1) is 0 Å². The summed E-state index contributed by atoms with van der Waals surface area (Å²) in [7, 11) is 1.75. The number of methoxy groups -OCH3 is 1. The van der Waals surface area contributed by atoms with Crippen LogP contribution in [0.4, 0.5) is 0 Å². The van der Waals surface area contributed by atoms with E-state index < -0.39 is 0 Å². The molecule has 0 fully saturated rings. The van der Waals surface area contributed by atoms with Crippen molar-refractivity contribution < 1.29 is 9.47 Å². The minimum absolute atomic E-state index is 0.774. The third-order valence-corrected chi connectivity index (χ3v) is 5.53. The van der Waals surface area contributed by atoms with Crippen LogP contribution in [0.1, 0.15) is 64.7 Å². The lowest BCUT2D eigenvalue weighted by molar-refractivity contribution is 0.310. The Kier molecular flexibility index (Phi) is 8.02. The number of unbranched alkanes of at least 4 members (excludes halogenated alkanes) is 8. The number of fused-ring (bicyclic) bond motifs is 2. The minimum Gasteiger partial charge on any atom is -0.495 e. The third kappa shape index (κ3) is 4.98. The van der Waals surface area contributed by atoms with Crippen LogP contribution >= 0.6 is 0 Å². The highest BCUT2D eigenvalue weighted by atomic mass is 16.5. The Morgan fingerprint density at radius 1 is 0.571 bits per heavy atom. The molecule has 0 atom stereocenters. The van der Waals surface area contributed by atoms with E-state index in [1.54, 1.807) is 7.11 Å². The molecule has 3 rings (SSSR count). The molecule has 0 amide bonds. The molecule has 150 valence electrons. The second-order valence-electron chi connectivity index (χ2n) is 7.63. The highest BCUT2D eigenvalue weighted by Crippen LogP contribution is 2.42. The Hall–Kier alpha value is -2.22. The molecule has 0 aliphatic heterocycles. The number of rotatable bonds is 12. The molecule has 0 N–H and O–H groups in total. The van der Waals surface area contributed by atoms with Crippen molar-refractivity contribution in [1.29, 1.82) is 0 Å². The molecule has 0 bridgehead atoms. The fourth-order valence-electron chi connectivity index (χ4n) is 4.01. The summed E-state index contributed by atoms with van der Waals surface area (Å²) in [6, 6.07) is 16.8. The third-order valence-electron chi connectivity index (χ3n) is 5.53. The number of hydrogen-bond acceptors (Lipinski definition) is 2. The maximum absolute atomic E-state index is 6.34. The van der Waals surface area contributed by atoms with E-state index in [0.29, 0.717) is 0 Å². The van der Waals surface area contributed by atoms with Crippen molar-refractivity contribution in [2.24, 2.45) is 0 Å². The average molecular weight is 379 g/mol. The van der Waals surface area contributed by atoms with Crippen molar-refractivity contribution in [3.05, 3.63) is 48.5 Å². The van der Waals surface area contributed by atoms with E-state index in [2.05, 4.69) is 55.5 Å². The lowest BCUT2D eigenvalue weighted by Crippen LogP contribution is -2.00. The molecule has 2 heteroatoms. The highest BCUT2D eigenvalue weighted by molar-refractivity contribution is 6.11. The second kappa shape index (κ2) is 10.9. The Labute approximate surface area is 169 Å². The van der Waals surface area contributed by atoms with E-state index in [-0.39, 0.29) is 0 Å². The molecule has 0 aromatic heterocycles. The van der Waals surface area contributed by atoms with E-state index in [4.69, 9.17) is 9.47 Å². The van der Waals surface area contributed by atoms with Crippen LogP contribution in [0.5, 0.6) is 11.5 Å². The molecule has 0 unspecified atom stereocenters. The molecule has 0 spiro atoms. The van der Waals surface area contributed by atoms with Gasteiger partial charge in [-0.05, 0) is 6.42 Å². The first-order valence-electron chi connectivity index (χ1n) is 11.0. The smallest absolute Gasteiger partial charge is 0.135 e. The number of hydrogen-bond donors (Lipinski definition) is 0. The minimum atomic E-state index is 0.774. The summed E-state index contributed by atoms with van der Waals surface area (Å²) >= 11 is 0. The molecule has 0 heterocycles. The van der Waals surface area contributed by atoms with Gasteiger partial charge in [-0.15, -0.1) is 0 Å². The maximum Gasteiger partial charge on any atom is 0.135 e. The van der Waals surface area contributed by atoms with Gasteiger partial charge in [-0.25, -0.2) is 0 Å². The zero-order valence-electron chi connectivity index (χ0n) is 17.5. The van der Waals surface area contributed by atoms with Crippen molar-refractivity contribution in [2.45, 2.75) is 64.7 Å². The standard InChI is InChI=1S/C26H34O2/c1-3-4-5-6-7-8-9-10-15-20-28-26-23-18-13-11-16-21(23)25(27-2)22-17-12-14-19-24(22)26/h11-14,16-19H,3-10,15,20H2,1-2H3. The monoisotopic (exact) mass is 378 g/mol. The molecular formula is C26H34O2. The molecule has 28 heavy (non-hydrogen) atoms. The Morgan fingerprint density at radius 3 is 1.46 bits per heavy atom. The fraction of sp³-hybridized carbons (Fsp3) is 0.462. The van der Waals surface area contributed by atoms with Gasteiger partial charge in [-0.2, -0.15) is 0 Å². The highest BCUT2D eigenvalue weighted by Gasteiger charge is 2.14. The Morgan fingerprint density at radius 2 is 1.00 bits per heavy atom. The Bertz CT molecular complexity index is 812. The van der Waals surface area contributed by atoms with Crippen LogP contribution in [0.15, 0.2) is 48.5 Å². The molecular weight excluding hydrogens is 344 g/mol. The largest absolute Gasteiger partial charge is 0.495 e. The van der Waals surface area contributed by atoms with Gasteiger partial charge < -0.3 is 9.47 Å². The Balaban J connectivity index is 1.61. The number of ether oxygens (including phenoxy) is 2. The summed E-state index contributed by atoms with van der Waals surface area (Å²) in [4.78, 5) is 0. The van der Waals surface area contributed by atoms with Gasteiger partial charge in [0, 0.05) is 21.5 Å². The lowest BCUT2D eigenvalue weighted by Gasteiger charge is -2.16. The van der Waals surface area contributed by atoms with E-state index in [0.717, 1.165) is 46.1 Å². The van der Waals surface area contributed by atoms with Crippen LogP contribution in [0.3, 0.4) is 0 Å². The fourth-order valence-corrected chi connectivity index (χ4v) is 4.01. The van der Waals surface area contributed by atoms with Gasteiger partial charge in [-0.1, -0.05) is 107 Å². The normalized spacial score (nSPS) is 11.2. The second-order valence-corrected chi connectivity index (χ2v) is 7.63. The van der Waals surface area contributed by atoms with E-state index >= 15 is 0 Å². The van der Waals surface area contributed by atoms with Gasteiger partial charge in [-0.3, -0.25) is 0 Å². The van der Waals surface area contributed by atoms with Crippen LogP contribution in [0.2, 0.25) is 0 Å². The first-order valence-corrected chi connectivity index (χ1v) is 11.0. The molecule has 0 aliphatic rings. The van der Waals surface area contributed by atoms with Gasteiger partial charge >= 0.3 is 0 Å². The molecule has 0 radical (unpaired) electrons. The topological polar surface area (TPSA) is 18.5 Å². The summed E-state index contributed by atoms with van der Waals surface area (Å²) in [5.41, 5.74) is 0. The molecule has 2 nitrogen and oxygen atoms in total.